The first-order chi connectivity index (χ1) is 12.8. The number of benzene rings is 2. The van der Waals surface area contributed by atoms with Gasteiger partial charge in [-0.1, -0.05) is 23.7 Å². The highest BCUT2D eigenvalue weighted by molar-refractivity contribution is 7.89. The topological polar surface area (TPSA) is 108 Å². The minimum Gasteiger partial charge on any atom is -0.481 e. The highest BCUT2D eigenvalue weighted by Crippen LogP contribution is 2.15. The number of hydrogen-bond acceptors (Lipinski definition) is 5. The van der Waals surface area contributed by atoms with E-state index in [9.17, 15) is 13.2 Å². The number of carbonyl (C=O) groups is 1. The van der Waals surface area contributed by atoms with Crippen molar-refractivity contribution in [2.75, 3.05) is 12.0 Å². The second kappa shape index (κ2) is 9.50. The van der Waals surface area contributed by atoms with Crippen LogP contribution in [0, 0.1) is 0 Å². The number of hydrogen-bond donors (Lipinski definition) is 3. The summed E-state index contributed by atoms with van der Waals surface area (Å²) in [6.45, 7) is 1.87. The third-order valence-corrected chi connectivity index (χ3v) is 5.37. The predicted molar refractivity (Wildman–Crippen MR) is 106 cm³/mol. The minimum absolute atomic E-state index is 0.0713. The minimum atomic E-state index is -3.67. The lowest BCUT2D eigenvalue weighted by Crippen LogP contribution is -2.25. The molecule has 0 heterocycles. The molecule has 0 aliphatic heterocycles. The van der Waals surface area contributed by atoms with Gasteiger partial charge in [0.05, 0.1) is 16.3 Å². The molecule has 0 aromatic heterocycles. The van der Waals surface area contributed by atoms with Gasteiger partial charge >= 0.3 is 5.97 Å². The van der Waals surface area contributed by atoms with E-state index in [0.29, 0.717) is 10.7 Å². The van der Waals surface area contributed by atoms with Gasteiger partial charge in [0.1, 0.15) is 0 Å². The lowest BCUT2D eigenvalue weighted by Gasteiger charge is -2.08. The van der Waals surface area contributed by atoms with Crippen LogP contribution >= 0.6 is 11.6 Å². The third kappa shape index (κ3) is 6.67. The lowest BCUT2D eigenvalue weighted by molar-refractivity contribution is -0.137. The fraction of sp³-hybridized carbons (Fsp3) is 0.222. The molecule has 0 bridgehead atoms. The average Bonchev–Trinajstić information content (AvgIpc) is 2.64. The van der Waals surface area contributed by atoms with E-state index in [1.807, 2.05) is 0 Å². The van der Waals surface area contributed by atoms with Gasteiger partial charge < -0.3 is 5.11 Å². The van der Waals surface area contributed by atoms with Gasteiger partial charge in [-0.25, -0.2) is 13.1 Å². The maximum Gasteiger partial charge on any atom is 0.303 e. The second-order valence-electron chi connectivity index (χ2n) is 5.74. The number of hydrazone groups is 1. The molecule has 0 aliphatic carbocycles. The number of aliphatic carboxylic acids is 1. The van der Waals surface area contributed by atoms with Crippen LogP contribution < -0.4 is 10.1 Å². The summed E-state index contributed by atoms with van der Waals surface area (Å²) in [7, 11) is -3.67. The van der Waals surface area contributed by atoms with Crippen molar-refractivity contribution in [2.45, 2.75) is 24.7 Å². The summed E-state index contributed by atoms with van der Waals surface area (Å²) in [6.07, 6.45) is 0.145. The molecule has 0 aliphatic rings. The van der Waals surface area contributed by atoms with Crippen LogP contribution in [0.2, 0.25) is 5.02 Å². The Morgan fingerprint density at radius 3 is 2.33 bits per heavy atom. The summed E-state index contributed by atoms with van der Waals surface area (Å²) in [5.41, 5.74) is 5.14. The zero-order valence-electron chi connectivity index (χ0n) is 14.6. The highest BCUT2D eigenvalue weighted by atomic mass is 35.5. The van der Waals surface area contributed by atoms with Crippen molar-refractivity contribution in [3.8, 4) is 0 Å². The zero-order valence-corrected chi connectivity index (χ0v) is 16.2. The van der Waals surface area contributed by atoms with E-state index in [4.69, 9.17) is 16.7 Å². The fourth-order valence-electron chi connectivity index (χ4n) is 2.14. The van der Waals surface area contributed by atoms with Crippen molar-refractivity contribution in [1.29, 1.82) is 0 Å². The zero-order chi connectivity index (χ0) is 19.9. The quantitative estimate of drug-likeness (QED) is 0.334. The Labute approximate surface area is 163 Å². The monoisotopic (exact) mass is 409 g/mol. The van der Waals surface area contributed by atoms with E-state index >= 15 is 0 Å². The van der Waals surface area contributed by atoms with Crippen LogP contribution in [0.4, 0.5) is 5.69 Å². The van der Waals surface area contributed by atoms with Crippen molar-refractivity contribution in [1.82, 2.24) is 4.72 Å². The third-order valence-electron chi connectivity index (χ3n) is 3.64. The van der Waals surface area contributed by atoms with Crippen molar-refractivity contribution in [3.05, 3.63) is 59.1 Å². The molecule has 7 nitrogen and oxygen atoms in total. The molecule has 0 radical (unpaired) electrons. The maximum atomic E-state index is 12.2. The molecule has 144 valence electrons. The number of anilines is 1. The van der Waals surface area contributed by atoms with Gasteiger partial charge in [-0.3, -0.25) is 10.2 Å². The maximum absolute atomic E-state index is 12.2. The van der Waals surface area contributed by atoms with Gasteiger partial charge in [-0.15, -0.1) is 0 Å². The van der Waals surface area contributed by atoms with Crippen molar-refractivity contribution >= 4 is 39.0 Å². The van der Waals surface area contributed by atoms with Crippen LogP contribution in [0.15, 0.2) is 58.5 Å². The Morgan fingerprint density at radius 1 is 1.11 bits per heavy atom. The van der Waals surface area contributed by atoms with Gasteiger partial charge in [-0.2, -0.15) is 5.10 Å². The van der Waals surface area contributed by atoms with E-state index in [1.165, 1.54) is 12.1 Å². The Balaban J connectivity index is 1.99. The Morgan fingerprint density at radius 2 is 1.74 bits per heavy atom. The van der Waals surface area contributed by atoms with E-state index in [-0.39, 0.29) is 24.3 Å². The SMILES string of the molecule is C/C(=N/Nc1ccc(Cl)cc1)c1ccc(S(=O)(=O)NCCCC(=O)O)cc1. The summed E-state index contributed by atoms with van der Waals surface area (Å²) < 4.78 is 26.8. The van der Waals surface area contributed by atoms with Crippen LogP contribution in [-0.2, 0) is 14.8 Å². The number of carboxylic acid groups (broad SMARTS) is 1. The molecule has 0 saturated heterocycles. The normalized spacial score (nSPS) is 12.0. The van der Waals surface area contributed by atoms with Gasteiger partial charge in [0.2, 0.25) is 10.0 Å². The molecule has 2 aromatic carbocycles. The van der Waals surface area contributed by atoms with E-state index < -0.39 is 16.0 Å². The largest absolute Gasteiger partial charge is 0.481 e. The van der Waals surface area contributed by atoms with Crippen LogP contribution in [-0.4, -0.2) is 31.8 Å². The van der Waals surface area contributed by atoms with Gasteiger partial charge in [0, 0.05) is 18.0 Å². The van der Waals surface area contributed by atoms with Gasteiger partial charge in [0.25, 0.3) is 0 Å². The summed E-state index contributed by atoms with van der Waals surface area (Å²) in [4.78, 5) is 10.6. The van der Waals surface area contributed by atoms with E-state index in [1.54, 1.807) is 43.3 Å². The number of nitrogens with zero attached hydrogens (tertiary/aromatic N) is 1. The molecule has 0 amide bonds. The molecule has 3 N–H and O–H groups in total. The smallest absolute Gasteiger partial charge is 0.303 e. The van der Waals surface area contributed by atoms with Crippen LogP contribution in [0.25, 0.3) is 0 Å². The Bertz CT molecular complexity index is 911. The van der Waals surface area contributed by atoms with Crippen molar-refractivity contribution < 1.29 is 18.3 Å². The van der Waals surface area contributed by atoms with Crippen molar-refractivity contribution in [2.24, 2.45) is 5.10 Å². The highest BCUT2D eigenvalue weighted by Gasteiger charge is 2.13. The summed E-state index contributed by atoms with van der Waals surface area (Å²) in [5.74, 6) is -0.958. The molecule has 2 rings (SSSR count). The predicted octanol–water partition coefficient (Wildman–Crippen LogP) is 3.32. The van der Waals surface area contributed by atoms with E-state index in [0.717, 1.165) is 11.3 Å². The molecule has 0 saturated carbocycles. The number of rotatable bonds is 9. The van der Waals surface area contributed by atoms with Crippen LogP contribution in [0.3, 0.4) is 0 Å². The number of sulfonamides is 1. The van der Waals surface area contributed by atoms with Crippen molar-refractivity contribution in [3.63, 3.8) is 0 Å². The molecule has 9 heteroatoms. The summed E-state index contributed by atoms with van der Waals surface area (Å²) in [6, 6.07) is 13.4. The molecular formula is C18H20ClN3O4S. The van der Waals surface area contributed by atoms with Crippen LogP contribution in [0.1, 0.15) is 25.3 Å². The first kappa shape index (κ1) is 20.9. The summed E-state index contributed by atoms with van der Waals surface area (Å²) in [5, 5.41) is 13.5. The summed E-state index contributed by atoms with van der Waals surface area (Å²) >= 11 is 5.83. The number of nitrogens with one attached hydrogen (secondary N) is 2. The molecule has 27 heavy (non-hydrogen) atoms. The Kier molecular flexibility index (Phi) is 7.35. The molecular weight excluding hydrogens is 390 g/mol. The molecule has 0 fully saturated rings. The first-order valence-corrected chi connectivity index (χ1v) is 10.0. The average molecular weight is 410 g/mol. The number of halogens is 1. The second-order valence-corrected chi connectivity index (χ2v) is 7.94. The Hall–Kier alpha value is -2.42. The molecule has 0 atom stereocenters. The standard InChI is InChI=1S/C18H20ClN3O4S/c1-13(21-22-16-8-6-15(19)7-9-16)14-4-10-17(11-5-14)27(25,26)20-12-2-3-18(23)24/h4-11,20,22H,2-3,12H2,1H3,(H,23,24)/b21-13-. The van der Waals surface area contributed by atoms with Crippen LogP contribution in [0.5, 0.6) is 0 Å². The lowest BCUT2D eigenvalue weighted by atomic mass is 10.1. The number of carboxylic acids is 1. The van der Waals surface area contributed by atoms with E-state index in [2.05, 4.69) is 15.2 Å². The molecule has 0 spiro atoms. The molecule has 2 aromatic rings. The first-order valence-electron chi connectivity index (χ1n) is 8.16. The molecule has 0 unspecified atom stereocenters. The van der Waals surface area contributed by atoms with Gasteiger partial charge in [0.15, 0.2) is 0 Å². The fourth-order valence-corrected chi connectivity index (χ4v) is 3.34. The van der Waals surface area contributed by atoms with Gasteiger partial charge in [-0.05, 0) is 55.3 Å².